The molecule has 2 aromatic carbocycles. The molecule has 2 saturated heterocycles. The summed E-state index contributed by atoms with van der Waals surface area (Å²) < 4.78 is 5.38. The van der Waals surface area contributed by atoms with Gasteiger partial charge in [-0.05, 0) is 35.9 Å². The number of hydrogen-bond acceptors (Lipinski definition) is 5. The Morgan fingerprint density at radius 2 is 1.82 bits per heavy atom. The predicted molar refractivity (Wildman–Crippen MR) is 131 cm³/mol. The largest absolute Gasteiger partial charge is 0.378 e. The highest BCUT2D eigenvalue weighted by atomic mass is 35.5. The molecule has 1 N–H and O–H groups in total. The molecule has 0 bridgehead atoms. The van der Waals surface area contributed by atoms with Gasteiger partial charge in [0.2, 0.25) is 17.7 Å². The summed E-state index contributed by atoms with van der Waals surface area (Å²) in [5.74, 6) is -1.06. The maximum atomic E-state index is 12.9. The van der Waals surface area contributed by atoms with Crippen molar-refractivity contribution in [2.75, 3.05) is 56.7 Å². The van der Waals surface area contributed by atoms with E-state index in [0.29, 0.717) is 37.0 Å². The van der Waals surface area contributed by atoms with Gasteiger partial charge < -0.3 is 24.8 Å². The van der Waals surface area contributed by atoms with Crippen molar-refractivity contribution in [3.8, 4) is 0 Å². The third-order valence-corrected chi connectivity index (χ3v) is 6.54. The third-order valence-electron chi connectivity index (χ3n) is 6.17. The van der Waals surface area contributed by atoms with Crippen molar-refractivity contribution < 1.29 is 19.1 Å². The van der Waals surface area contributed by atoms with Crippen LogP contribution in [0.15, 0.2) is 48.5 Å². The summed E-state index contributed by atoms with van der Waals surface area (Å²) in [4.78, 5) is 43.1. The summed E-state index contributed by atoms with van der Waals surface area (Å²) in [5, 5.41) is 3.43. The lowest BCUT2D eigenvalue weighted by Gasteiger charge is -2.29. The van der Waals surface area contributed by atoms with Crippen LogP contribution in [0.3, 0.4) is 0 Å². The van der Waals surface area contributed by atoms with Crippen molar-refractivity contribution >= 4 is 40.7 Å². The smallest absolute Gasteiger partial charge is 0.243 e. The third kappa shape index (κ3) is 5.87. The number of nitrogens with one attached hydrogen (secondary N) is 1. The molecule has 9 heteroatoms. The molecular weight excluding hydrogens is 456 g/mol. The first-order valence-corrected chi connectivity index (χ1v) is 11.8. The lowest BCUT2D eigenvalue weighted by Crippen LogP contribution is -2.39. The average Bonchev–Trinajstić information content (AvgIpc) is 3.21. The number of amides is 3. The van der Waals surface area contributed by atoms with E-state index in [1.807, 2.05) is 42.5 Å². The number of hydrogen-bond donors (Lipinski definition) is 1. The van der Waals surface area contributed by atoms with Gasteiger partial charge in [-0.2, -0.15) is 0 Å². The quantitative estimate of drug-likeness (QED) is 0.653. The van der Waals surface area contributed by atoms with E-state index in [1.54, 1.807) is 18.0 Å². The molecule has 1 atom stereocenters. The summed E-state index contributed by atoms with van der Waals surface area (Å²) >= 11 is 6.21. The Labute approximate surface area is 204 Å². The molecule has 0 spiro atoms. The van der Waals surface area contributed by atoms with Crippen LogP contribution in [0.25, 0.3) is 0 Å². The van der Waals surface area contributed by atoms with Gasteiger partial charge in [-0.15, -0.1) is 0 Å². The first-order valence-electron chi connectivity index (χ1n) is 11.4. The molecule has 8 nitrogen and oxygen atoms in total. The van der Waals surface area contributed by atoms with Gasteiger partial charge in [-0.1, -0.05) is 29.8 Å². The van der Waals surface area contributed by atoms with Gasteiger partial charge >= 0.3 is 0 Å². The number of morpholine rings is 1. The minimum Gasteiger partial charge on any atom is -0.378 e. The molecule has 180 valence electrons. The fourth-order valence-electron chi connectivity index (χ4n) is 4.31. The highest BCUT2D eigenvalue weighted by molar-refractivity contribution is 6.31. The Morgan fingerprint density at radius 1 is 1.12 bits per heavy atom. The maximum Gasteiger partial charge on any atom is 0.243 e. The summed E-state index contributed by atoms with van der Waals surface area (Å²) in [5.41, 5.74) is 2.60. The number of anilines is 2. The second kappa shape index (κ2) is 10.9. The molecule has 2 aromatic rings. The Hall–Kier alpha value is -3.10. The van der Waals surface area contributed by atoms with Crippen molar-refractivity contribution in [2.24, 2.45) is 5.92 Å². The second-order valence-electron chi connectivity index (χ2n) is 8.66. The van der Waals surface area contributed by atoms with E-state index in [4.69, 9.17) is 16.3 Å². The van der Waals surface area contributed by atoms with E-state index >= 15 is 0 Å². The van der Waals surface area contributed by atoms with E-state index in [1.165, 1.54) is 4.90 Å². The second-order valence-corrected chi connectivity index (χ2v) is 9.06. The monoisotopic (exact) mass is 484 g/mol. The van der Waals surface area contributed by atoms with Gasteiger partial charge in [0.15, 0.2) is 0 Å². The van der Waals surface area contributed by atoms with E-state index < -0.39 is 5.92 Å². The number of likely N-dealkylation sites (N-methyl/N-ethyl adjacent to an activating group) is 1. The summed E-state index contributed by atoms with van der Waals surface area (Å²) in [6, 6.07) is 15.0. The van der Waals surface area contributed by atoms with Crippen molar-refractivity contribution in [1.82, 2.24) is 9.80 Å². The van der Waals surface area contributed by atoms with Crippen LogP contribution in [0.2, 0.25) is 5.02 Å². The Morgan fingerprint density at radius 3 is 2.53 bits per heavy atom. The van der Waals surface area contributed by atoms with E-state index in [9.17, 15) is 14.4 Å². The van der Waals surface area contributed by atoms with Crippen LogP contribution in [0.5, 0.6) is 0 Å². The number of ether oxygens (including phenoxy) is 1. The van der Waals surface area contributed by atoms with Crippen molar-refractivity contribution in [1.29, 1.82) is 0 Å². The number of benzene rings is 2. The zero-order valence-corrected chi connectivity index (χ0v) is 20.0. The first kappa shape index (κ1) is 24.0. The SMILES string of the molecule is CN(CC(=O)Nc1ccc(N2CCOCC2)cc1)C(=O)C1CC(=O)N(Cc2ccccc2Cl)C1. The van der Waals surface area contributed by atoms with Crippen LogP contribution in [0, 0.1) is 5.92 Å². The van der Waals surface area contributed by atoms with Crippen LogP contribution in [0.4, 0.5) is 11.4 Å². The average molecular weight is 485 g/mol. The fraction of sp³-hybridized carbons (Fsp3) is 0.400. The van der Waals surface area contributed by atoms with Crippen molar-refractivity contribution in [2.45, 2.75) is 13.0 Å². The molecule has 0 radical (unpaired) electrons. The molecule has 3 amide bonds. The summed E-state index contributed by atoms with van der Waals surface area (Å²) in [6.07, 6.45) is 0.137. The number of carbonyl (C=O) groups is 3. The van der Waals surface area contributed by atoms with Crippen LogP contribution in [-0.4, -0.2) is 74.0 Å². The minimum atomic E-state index is -0.472. The molecule has 0 aliphatic carbocycles. The predicted octanol–water partition coefficient (Wildman–Crippen LogP) is 2.62. The minimum absolute atomic E-state index is 0.0841. The van der Waals surface area contributed by atoms with Crippen molar-refractivity contribution in [3.63, 3.8) is 0 Å². The van der Waals surface area contributed by atoms with E-state index in [2.05, 4.69) is 10.2 Å². The fourth-order valence-corrected chi connectivity index (χ4v) is 4.50. The molecular formula is C25H29ClN4O4. The number of likely N-dealkylation sites (tertiary alicyclic amines) is 1. The van der Waals surface area contributed by atoms with Gasteiger partial charge in [0.05, 0.1) is 25.7 Å². The Bertz CT molecular complexity index is 1040. The van der Waals surface area contributed by atoms with Gasteiger partial charge in [0.1, 0.15) is 0 Å². The van der Waals surface area contributed by atoms with Gasteiger partial charge in [-0.3, -0.25) is 14.4 Å². The number of nitrogens with zero attached hydrogens (tertiary/aromatic N) is 3. The van der Waals surface area contributed by atoms with Crippen LogP contribution >= 0.6 is 11.6 Å². The molecule has 4 rings (SSSR count). The highest BCUT2D eigenvalue weighted by Crippen LogP contribution is 2.25. The zero-order valence-electron chi connectivity index (χ0n) is 19.2. The standard InChI is InChI=1S/C25H29ClN4O4/c1-28(17-23(31)27-20-6-8-21(9-7-20)29-10-12-34-13-11-29)25(33)19-14-24(32)30(16-19)15-18-4-2-3-5-22(18)26/h2-9,19H,10-17H2,1H3,(H,27,31). The van der Waals surface area contributed by atoms with Gasteiger partial charge in [0, 0.05) is 56.0 Å². The summed E-state index contributed by atoms with van der Waals surface area (Å²) in [7, 11) is 1.59. The zero-order chi connectivity index (χ0) is 24.1. The maximum absolute atomic E-state index is 12.9. The lowest BCUT2D eigenvalue weighted by atomic mass is 10.1. The number of halogens is 1. The number of rotatable bonds is 7. The highest BCUT2D eigenvalue weighted by Gasteiger charge is 2.36. The molecule has 2 fully saturated rings. The molecule has 1 unspecified atom stereocenters. The van der Waals surface area contributed by atoms with Crippen LogP contribution in [0.1, 0.15) is 12.0 Å². The number of carbonyl (C=O) groups excluding carboxylic acids is 3. The van der Waals surface area contributed by atoms with Crippen LogP contribution in [-0.2, 0) is 25.7 Å². The Kier molecular flexibility index (Phi) is 7.70. The molecule has 2 heterocycles. The van der Waals surface area contributed by atoms with E-state index in [0.717, 1.165) is 24.3 Å². The molecule has 0 aromatic heterocycles. The molecule has 34 heavy (non-hydrogen) atoms. The lowest BCUT2D eigenvalue weighted by molar-refractivity contribution is -0.137. The van der Waals surface area contributed by atoms with Crippen LogP contribution < -0.4 is 10.2 Å². The van der Waals surface area contributed by atoms with Gasteiger partial charge in [0.25, 0.3) is 0 Å². The Balaban J connectivity index is 1.27. The van der Waals surface area contributed by atoms with Gasteiger partial charge in [-0.25, -0.2) is 0 Å². The normalized spacial score (nSPS) is 18.2. The topological polar surface area (TPSA) is 82.2 Å². The molecule has 2 aliphatic heterocycles. The summed E-state index contributed by atoms with van der Waals surface area (Å²) in [6.45, 7) is 3.71. The molecule has 2 aliphatic rings. The van der Waals surface area contributed by atoms with E-state index in [-0.39, 0.29) is 30.7 Å². The molecule has 0 saturated carbocycles. The first-order chi connectivity index (χ1) is 16.4. The van der Waals surface area contributed by atoms with Crippen molar-refractivity contribution in [3.05, 3.63) is 59.1 Å².